The molecule has 37 heteroatoms. The van der Waals surface area contributed by atoms with Crippen molar-refractivity contribution >= 4 is 60.4 Å². The van der Waals surface area contributed by atoms with E-state index in [1.54, 1.807) is 85.1 Å². The van der Waals surface area contributed by atoms with E-state index in [2.05, 4.69) is 71.9 Å². The monoisotopic (exact) mass is 1690 g/mol. The smallest absolute Gasteiger partial charge is 0.475 e. The first-order chi connectivity index (χ1) is 57.6. The van der Waals surface area contributed by atoms with Crippen molar-refractivity contribution < 1.29 is 89.3 Å². The molecule has 638 valence electrons. The van der Waals surface area contributed by atoms with Gasteiger partial charge in [0, 0.05) is 61.8 Å². The number of nitrogens with one attached hydrogen (secondary N) is 4. The zero-order chi connectivity index (χ0) is 87.2. The van der Waals surface area contributed by atoms with Crippen LogP contribution < -0.4 is 33.1 Å². The number of nitrogens with zero attached hydrogens (tertiary/aromatic N) is 9. The van der Waals surface area contributed by atoms with Gasteiger partial charge in [-0.15, -0.1) is 0 Å². The molecule has 0 radical (unpaired) electrons. The lowest BCUT2D eigenvalue weighted by Gasteiger charge is -2.51. The Morgan fingerprint density at radius 2 is 0.975 bits per heavy atom. The third-order valence-corrected chi connectivity index (χ3v) is 23.1. The number of alkyl halides is 3. The highest BCUT2D eigenvalue weighted by atomic mass is 31.2. The van der Waals surface area contributed by atoms with E-state index in [1.165, 1.54) is 39.4 Å². The number of imidazole rings is 1. The molecule has 0 aliphatic carbocycles. The minimum absolute atomic E-state index is 0.0836. The van der Waals surface area contributed by atoms with Crippen molar-refractivity contribution in [3.63, 3.8) is 0 Å². The molecule has 5 N–H and O–H groups in total. The Bertz CT molecular complexity index is 5570. The van der Waals surface area contributed by atoms with Gasteiger partial charge >= 0.3 is 55.1 Å². The molecule has 33 nitrogen and oxygen atoms in total. The van der Waals surface area contributed by atoms with Crippen LogP contribution >= 0.6 is 7.67 Å². The molecule has 7 heterocycles. The number of fused-ring (bicyclic) bond motifs is 1. The second kappa shape index (κ2) is 39.3. The summed E-state index contributed by atoms with van der Waals surface area (Å²) in [5, 5.41) is 13.1. The Balaban J connectivity index is 0.000000302. The fraction of sp³-hybridized carbons (Fsp3) is 0.345. The van der Waals surface area contributed by atoms with Crippen LogP contribution in [0.2, 0.25) is 0 Å². The standard InChI is InChI=1S/C60H63N10O11P.C22H27N3O7.C2HF3O2/c1-39-27-44(28-40(2)42(39)4)58(74)78-36-52(71)77-34-49-31-68(33-51(81-49)69-29-41(3)56(72)65-59(69)75)82(76,66(5)6)79-35-48-30-67(60(45-21-13-8-14-22-45,46-23-15-9-16-24-46)47-25-17-10-18-26-47)32-50(80-48)70-38-63-53-54(61-37-62-55(53)70)64-57(73)43-19-11-7-12-20-43;1-12-5-16(6-13(2)15(12)4)21(28)31-11-19(26)30-10-17-7-23-8-18(32-17)25-9-14(3)20(27)24-22(25)29;3-2(4,5)1(6)7/h7-29,37-38,48-51H,30-36H2,1-6H3,(H,65,72,75)(H,61,62,64,73);5-6,9,17-18,23H,7-8,10-11H2,1-4H3,(H,24,27,29);(H,6,7). The molecule has 6 aromatic carbocycles. The molecule has 3 saturated heterocycles. The largest absolute Gasteiger partial charge is 0.490 e. The zero-order valence-electron chi connectivity index (χ0n) is 67.7. The number of carbonyl (C=O) groups is 6. The molecular weight excluding hydrogens is 1600 g/mol. The van der Waals surface area contributed by atoms with Crippen LogP contribution in [0.4, 0.5) is 19.0 Å². The highest BCUT2D eigenvalue weighted by molar-refractivity contribution is 7.53. The highest BCUT2D eigenvalue weighted by Crippen LogP contribution is 2.55. The Morgan fingerprint density at radius 1 is 0.537 bits per heavy atom. The van der Waals surface area contributed by atoms with E-state index in [1.807, 2.05) is 102 Å². The van der Waals surface area contributed by atoms with Crippen LogP contribution in [0.3, 0.4) is 0 Å². The van der Waals surface area contributed by atoms with Crippen LogP contribution in [0.25, 0.3) is 11.2 Å². The van der Waals surface area contributed by atoms with Crippen LogP contribution in [0.5, 0.6) is 0 Å². The molecule has 7 unspecified atom stereocenters. The van der Waals surface area contributed by atoms with Crippen molar-refractivity contribution in [2.75, 3.05) is 91.7 Å². The van der Waals surface area contributed by atoms with Gasteiger partial charge in [-0.05, 0) is 156 Å². The summed E-state index contributed by atoms with van der Waals surface area (Å²) in [6.07, 6.45) is -4.39. The lowest BCUT2D eigenvalue weighted by molar-refractivity contribution is -0.192. The normalized spacial score (nSPS) is 18.1. The maximum atomic E-state index is 15.9. The fourth-order valence-electron chi connectivity index (χ4n) is 14.0. The van der Waals surface area contributed by atoms with Crippen LogP contribution in [-0.2, 0) is 62.2 Å². The van der Waals surface area contributed by atoms with Crippen molar-refractivity contribution in [1.82, 2.24) is 58.2 Å². The quantitative estimate of drug-likeness (QED) is 0.0163. The number of anilines is 1. The van der Waals surface area contributed by atoms with Gasteiger partial charge in [-0.2, -0.15) is 13.2 Å². The number of aromatic amines is 2. The number of ether oxygens (including phenoxy) is 7. The molecule has 7 atom stereocenters. The number of aromatic nitrogens is 8. The lowest BCUT2D eigenvalue weighted by Crippen LogP contribution is -2.57. The number of aryl methyl sites for hydroxylation is 6. The number of hydrogen-bond acceptors (Lipinski definition) is 24. The maximum absolute atomic E-state index is 15.9. The third kappa shape index (κ3) is 21.5. The third-order valence-electron chi connectivity index (χ3n) is 20.6. The van der Waals surface area contributed by atoms with Crippen molar-refractivity contribution in [2.24, 2.45) is 0 Å². The van der Waals surface area contributed by atoms with Crippen LogP contribution in [0, 0.1) is 55.4 Å². The number of morpholine rings is 3. The average Bonchev–Trinajstić information content (AvgIpc) is 1.21. The number of carboxylic acids is 1. The van der Waals surface area contributed by atoms with E-state index in [9.17, 15) is 56.3 Å². The van der Waals surface area contributed by atoms with E-state index >= 15 is 4.57 Å². The summed E-state index contributed by atoms with van der Waals surface area (Å²) in [7, 11) is -0.959. The first kappa shape index (κ1) is 89.5. The lowest BCUT2D eigenvalue weighted by atomic mass is 9.75. The maximum Gasteiger partial charge on any atom is 0.490 e. The number of hydrogen-bond donors (Lipinski definition) is 5. The summed E-state index contributed by atoms with van der Waals surface area (Å²) < 4.78 is 102. The number of rotatable bonds is 24. The zero-order valence-corrected chi connectivity index (χ0v) is 68.6. The summed E-state index contributed by atoms with van der Waals surface area (Å²) in [6.45, 7) is 13.6. The first-order valence-corrected chi connectivity index (χ1v) is 39.7. The van der Waals surface area contributed by atoms with Crippen LogP contribution in [0.1, 0.15) is 111 Å². The van der Waals surface area contributed by atoms with Gasteiger partial charge in [0.2, 0.25) is 0 Å². The number of benzene rings is 6. The number of aliphatic carboxylic acids is 1. The SMILES string of the molecule is Cc1cc(C(=O)OCC(=O)OCC2CN(P(=O)(OCC3CN(C(c4ccccc4)(c4ccccc4)c4ccccc4)CC(n4cnc5c(NC(=O)c6ccccc6)ncnc54)O3)N(C)C)CC(n3cc(C)c(=O)[nH]c3=O)O2)cc(C)c1C.Cc1cc(C(=O)OCC(=O)OCC2CNCC(n3cc(C)c(=O)[nH]c3=O)O2)cc(C)c1C.O=C(O)C(F)(F)F. The average molecular weight is 1690 g/mol. The van der Waals surface area contributed by atoms with Gasteiger partial charge < -0.3 is 53.4 Å². The second-order valence-electron chi connectivity index (χ2n) is 29.1. The molecule has 0 spiro atoms. The van der Waals surface area contributed by atoms with E-state index in [0.29, 0.717) is 40.9 Å². The first-order valence-electron chi connectivity index (χ1n) is 38.2. The highest BCUT2D eigenvalue weighted by Gasteiger charge is 2.49. The molecule has 4 aromatic heterocycles. The predicted octanol–water partition coefficient (Wildman–Crippen LogP) is 8.63. The molecule has 1 amide bonds. The van der Waals surface area contributed by atoms with Gasteiger partial charge in [0.05, 0.1) is 42.2 Å². The second-order valence-corrected chi connectivity index (χ2v) is 31.7. The van der Waals surface area contributed by atoms with Crippen molar-refractivity contribution in [3.05, 3.63) is 290 Å². The molecule has 0 saturated carbocycles. The van der Waals surface area contributed by atoms with Crippen molar-refractivity contribution in [3.8, 4) is 0 Å². The summed E-state index contributed by atoms with van der Waals surface area (Å²) in [5.74, 6) is -5.81. The summed E-state index contributed by atoms with van der Waals surface area (Å²) >= 11 is 0. The molecule has 13 rings (SSSR count). The van der Waals surface area contributed by atoms with Crippen LogP contribution in [0.15, 0.2) is 190 Å². The molecule has 3 fully saturated rings. The topological polar surface area (TPSA) is 401 Å². The molecular formula is C84H91F3N13O20P. The number of carbonyl (C=O) groups excluding carboxylic acids is 5. The predicted molar refractivity (Wildman–Crippen MR) is 434 cm³/mol. The van der Waals surface area contributed by atoms with Crippen LogP contribution in [-0.4, -0.2) is 205 Å². The number of amides is 1. The van der Waals surface area contributed by atoms with E-state index in [0.717, 1.165) is 50.1 Å². The van der Waals surface area contributed by atoms with Gasteiger partial charge in [-0.25, -0.2) is 57.9 Å². The van der Waals surface area contributed by atoms with Gasteiger partial charge in [0.15, 0.2) is 42.7 Å². The van der Waals surface area contributed by atoms with Gasteiger partial charge in [0.25, 0.3) is 17.0 Å². The number of H-pyrrole nitrogens is 2. The summed E-state index contributed by atoms with van der Waals surface area (Å²) in [5.41, 5.74) is 7.77. The number of esters is 4. The summed E-state index contributed by atoms with van der Waals surface area (Å²) in [4.78, 5) is 143. The minimum atomic E-state index is -5.08. The van der Waals surface area contributed by atoms with Crippen molar-refractivity contribution in [2.45, 2.75) is 104 Å². The Labute approximate surface area is 690 Å². The van der Waals surface area contributed by atoms with E-state index in [-0.39, 0.29) is 62.2 Å². The molecule has 0 bridgehead atoms. The molecule has 3 aliphatic heterocycles. The van der Waals surface area contributed by atoms with E-state index < -0.39 is 129 Å². The molecule has 121 heavy (non-hydrogen) atoms. The summed E-state index contributed by atoms with van der Waals surface area (Å²) in [6, 6.07) is 46.1. The number of halogens is 3. The molecule has 10 aromatic rings. The van der Waals surface area contributed by atoms with Gasteiger partial charge in [0.1, 0.15) is 38.0 Å². The Kier molecular flexibility index (Phi) is 29.1. The van der Waals surface area contributed by atoms with E-state index in [4.69, 9.17) is 52.6 Å². The number of carboxylic acid groups (broad SMARTS) is 1. The minimum Gasteiger partial charge on any atom is -0.475 e. The molecule has 3 aliphatic rings. The van der Waals surface area contributed by atoms with Crippen molar-refractivity contribution in [1.29, 1.82) is 0 Å². The van der Waals surface area contributed by atoms with Gasteiger partial charge in [-0.3, -0.25) is 47.5 Å². The Hall–Kier alpha value is -12.3. The fourth-order valence-corrected chi connectivity index (χ4v) is 15.9. The van der Waals surface area contributed by atoms with Gasteiger partial charge in [-0.1, -0.05) is 109 Å². The Morgan fingerprint density at radius 3 is 1.45 bits per heavy atom.